The number of sulfonamides is 1. The molecule has 0 radical (unpaired) electrons. The molecular weight excluding hydrogens is 376 g/mol. The molecule has 1 amide bonds. The van der Waals surface area contributed by atoms with Crippen molar-refractivity contribution in [1.82, 2.24) is 9.62 Å². The molecule has 140 valence electrons. The first-order valence-corrected chi connectivity index (χ1v) is 9.64. The topological polar surface area (TPSA) is 75.7 Å². The van der Waals surface area contributed by atoms with Gasteiger partial charge >= 0.3 is 0 Å². The number of nitrogens with one attached hydrogen (secondary N) is 1. The van der Waals surface area contributed by atoms with Crippen LogP contribution in [0, 0.1) is 0 Å². The largest absolute Gasteiger partial charge is 0.380 e. The highest BCUT2D eigenvalue weighted by Crippen LogP contribution is 2.22. The van der Waals surface area contributed by atoms with Crippen molar-refractivity contribution in [1.29, 1.82) is 0 Å². The van der Waals surface area contributed by atoms with Crippen LogP contribution >= 0.6 is 11.6 Å². The van der Waals surface area contributed by atoms with Crippen LogP contribution in [0.4, 0.5) is 0 Å². The number of ether oxygens (including phenoxy) is 1. The quantitative estimate of drug-likeness (QED) is 0.780. The van der Waals surface area contributed by atoms with Gasteiger partial charge in [0.15, 0.2) is 0 Å². The van der Waals surface area contributed by atoms with Gasteiger partial charge in [-0.15, -0.1) is 0 Å². The zero-order chi connectivity index (χ0) is 19.3. The van der Waals surface area contributed by atoms with Crippen LogP contribution in [-0.4, -0.2) is 39.8 Å². The van der Waals surface area contributed by atoms with Crippen molar-refractivity contribution in [2.24, 2.45) is 0 Å². The first-order valence-electron chi connectivity index (χ1n) is 7.82. The van der Waals surface area contributed by atoms with E-state index >= 15 is 0 Å². The Morgan fingerprint density at radius 3 is 2.50 bits per heavy atom. The number of hydrogen-bond acceptors (Lipinski definition) is 4. The zero-order valence-corrected chi connectivity index (χ0v) is 16.4. The molecule has 0 saturated heterocycles. The summed E-state index contributed by atoms with van der Waals surface area (Å²) >= 11 is 6.08. The molecule has 6 nitrogen and oxygen atoms in total. The average Bonchev–Trinajstić information content (AvgIpc) is 2.60. The van der Waals surface area contributed by atoms with Crippen molar-refractivity contribution < 1.29 is 17.9 Å². The maximum absolute atomic E-state index is 12.5. The molecule has 8 heteroatoms. The number of methoxy groups -OCH3 is 1. The number of amides is 1. The fourth-order valence-electron chi connectivity index (χ4n) is 2.32. The van der Waals surface area contributed by atoms with Crippen LogP contribution in [0.25, 0.3) is 0 Å². The van der Waals surface area contributed by atoms with Gasteiger partial charge in [-0.25, -0.2) is 12.7 Å². The molecule has 0 spiro atoms. The van der Waals surface area contributed by atoms with Crippen LogP contribution in [-0.2, 0) is 27.9 Å². The summed E-state index contributed by atoms with van der Waals surface area (Å²) in [6.45, 7) is 0.773. The molecule has 0 atom stereocenters. The van der Waals surface area contributed by atoms with E-state index in [1.807, 2.05) is 24.3 Å². The standard InChI is InChI=1S/C18H21ClN2O4S/c1-21(2)26(23,24)15-7-8-17(19)16(10-15)18(22)20-11-13-5-4-6-14(9-13)12-25-3/h4-10H,11-12H2,1-3H3,(H,20,22). The smallest absolute Gasteiger partial charge is 0.253 e. The van der Waals surface area contributed by atoms with E-state index < -0.39 is 15.9 Å². The minimum atomic E-state index is -3.65. The molecule has 0 bridgehead atoms. The number of benzene rings is 2. The predicted octanol–water partition coefficient (Wildman–Crippen LogP) is 2.67. The van der Waals surface area contributed by atoms with Gasteiger partial charge in [0.25, 0.3) is 5.91 Å². The minimum absolute atomic E-state index is 0.0131. The van der Waals surface area contributed by atoms with Gasteiger partial charge in [0.05, 0.1) is 22.1 Å². The lowest BCUT2D eigenvalue weighted by molar-refractivity contribution is 0.0951. The third-order valence-electron chi connectivity index (χ3n) is 3.72. The summed E-state index contributed by atoms with van der Waals surface area (Å²) in [5.74, 6) is -0.442. The Morgan fingerprint density at radius 2 is 1.85 bits per heavy atom. The molecule has 0 unspecified atom stereocenters. The SMILES string of the molecule is COCc1cccc(CNC(=O)c2cc(S(=O)(=O)N(C)C)ccc2Cl)c1. The normalized spacial score (nSPS) is 11.6. The molecule has 2 aromatic carbocycles. The molecule has 2 rings (SSSR count). The molecule has 2 aromatic rings. The Labute approximate surface area is 158 Å². The second-order valence-corrected chi connectivity index (χ2v) is 8.42. The summed E-state index contributed by atoms with van der Waals surface area (Å²) in [7, 11) is 0.823. The number of hydrogen-bond donors (Lipinski definition) is 1. The summed E-state index contributed by atoms with van der Waals surface area (Å²) < 4.78 is 30.6. The second-order valence-electron chi connectivity index (χ2n) is 5.86. The monoisotopic (exact) mass is 396 g/mol. The van der Waals surface area contributed by atoms with Crippen molar-refractivity contribution >= 4 is 27.5 Å². The van der Waals surface area contributed by atoms with E-state index in [0.717, 1.165) is 15.4 Å². The van der Waals surface area contributed by atoms with E-state index in [0.29, 0.717) is 6.61 Å². The highest BCUT2D eigenvalue weighted by atomic mass is 35.5. The van der Waals surface area contributed by atoms with Gasteiger partial charge in [0, 0.05) is 27.7 Å². The number of rotatable bonds is 7. The van der Waals surface area contributed by atoms with Gasteiger partial charge in [-0.2, -0.15) is 0 Å². The summed E-state index contributed by atoms with van der Waals surface area (Å²) in [6, 6.07) is 11.7. The number of nitrogens with zero attached hydrogens (tertiary/aromatic N) is 1. The Kier molecular flexibility index (Phi) is 6.77. The lowest BCUT2D eigenvalue weighted by Crippen LogP contribution is -2.25. The van der Waals surface area contributed by atoms with Crippen LogP contribution in [0.3, 0.4) is 0 Å². The van der Waals surface area contributed by atoms with Gasteiger partial charge in [-0.3, -0.25) is 4.79 Å². The van der Waals surface area contributed by atoms with Crippen molar-refractivity contribution in [3.8, 4) is 0 Å². The average molecular weight is 397 g/mol. The van der Waals surface area contributed by atoms with E-state index in [4.69, 9.17) is 16.3 Å². The van der Waals surface area contributed by atoms with Crippen LogP contribution in [0.1, 0.15) is 21.5 Å². The molecule has 0 aliphatic rings. The second kappa shape index (κ2) is 8.64. The first kappa shape index (κ1) is 20.4. The third kappa shape index (κ3) is 4.82. The maximum atomic E-state index is 12.5. The van der Waals surface area contributed by atoms with E-state index in [1.165, 1.54) is 32.3 Å². The molecule has 26 heavy (non-hydrogen) atoms. The Bertz CT molecular complexity index is 898. The maximum Gasteiger partial charge on any atom is 0.253 e. The highest BCUT2D eigenvalue weighted by molar-refractivity contribution is 7.89. The van der Waals surface area contributed by atoms with Crippen LogP contribution in [0.2, 0.25) is 5.02 Å². The fraction of sp³-hybridized carbons (Fsp3) is 0.278. The van der Waals surface area contributed by atoms with Gasteiger partial charge in [0.2, 0.25) is 10.0 Å². The van der Waals surface area contributed by atoms with Crippen molar-refractivity contribution in [2.75, 3.05) is 21.2 Å². The third-order valence-corrected chi connectivity index (χ3v) is 5.86. The molecule has 0 saturated carbocycles. The summed E-state index contributed by atoms with van der Waals surface area (Å²) in [4.78, 5) is 12.5. The fourth-order valence-corrected chi connectivity index (χ4v) is 3.46. The van der Waals surface area contributed by atoms with E-state index in [9.17, 15) is 13.2 Å². The van der Waals surface area contributed by atoms with Gasteiger partial charge in [0.1, 0.15) is 0 Å². The summed E-state index contributed by atoms with van der Waals surface area (Å²) in [5.41, 5.74) is 2.01. The molecule has 0 fully saturated rings. The van der Waals surface area contributed by atoms with Gasteiger partial charge < -0.3 is 10.1 Å². The van der Waals surface area contributed by atoms with E-state index in [-0.39, 0.29) is 22.0 Å². The van der Waals surface area contributed by atoms with Crippen molar-refractivity contribution in [2.45, 2.75) is 18.0 Å². The van der Waals surface area contributed by atoms with Crippen molar-refractivity contribution in [3.05, 3.63) is 64.2 Å². The summed E-state index contributed by atoms with van der Waals surface area (Å²) in [6.07, 6.45) is 0. The Hall–Kier alpha value is -1.93. The van der Waals surface area contributed by atoms with Crippen LogP contribution in [0.5, 0.6) is 0 Å². The van der Waals surface area contributed by atoms with E-state index in [1.54, 1.807) is 7.11 Å². The molecule has 0 aliphatic carbocycles. The van der Waals surface area contributed by atoms with Crippen molar-refractivity contribution in [3.63, 3.8) is 0 Å². The predicted molar refractivity (Wildman–Crippen MR) is 101 cm³/mol. The van der Waals surface area contributed by atoms with E-state index in [2.05, 4.69) is 5.32 Å². The molecule has 1 N–H and O–H groups in total. The number of halogens is 1. The molecule has 0 aromatic heterocycles. The van der Waals surface area contributed by atoms with Crippen LogP contribution in [0.15, 0.2) is 47.4 Å². The number of carbonyl (C=O) groups excluding carboxylic acids is 1. The molecular formula is C18H21ClN2O4S. The minimum Gasteiger partial charge on any atom is -0.380 e. The molecule has 0 heterocycles. The van der Waals surface area contributed by atoms with Crippen LogP contribution < -0.4 is 5.32 Å². The lowest BCUT2D eigenvalue weighted by atomic mass is 10.1. The Balaban J connectivity index is 2.18. The summed E-state index contributed by atoms with van der Waals surface area (Å²) in [5, 5.41) is 2.95. The first-order chi connectivity index (χ1) is 12.3. The Morgan fingerprint density at radius 1 is 1.15 bits per heavy atom. The number of carbonyl (C=O) groups is 1. The lowest BCUT2D eigenvalue weighted by Gasteiger charge is -2.13. The highest BCUT2D eigenvalue weighted by Gasteiger charge is 2.20. The van der Waals surface area contributed by atoms with Gasteiger partial charge in [-0.05, 0) is 29.3 Å². The zero-order valence-electron chi connectivity index (χ0n) is 14.8. The van der Waals surface area contributed by atoms with Gasteiger partial charge in [-0.1, -0.05) is 35.9 Å². The molecule has 0 aliphatic heterocycles.